The van der Waals surface area contributed by atoms with Crippen molar-refractivity contribution in [1.29, 1.82) is 0 Å². The Bertz CT molecular complexity index is 3640. The van der Waals surface area contributed by atoms with Gasteiger partial charge in [0.25, 0.3) is 0 Å². The molecule has 4 nitrogen and oxygen atoms in total. The molecule has 0 aliphatic carbocycles. The number of para-hydroxylation sites is 2. The smallest absolute Gasteiger partial charge is 0.175 e. The van der Waals surface area contributed by atoms with Crippen molar-refractivity contribution in [2.45, 2.75) is 5.66 Å². The van der Waals surface area contributed by atoms with E-state index in [1.165, 1.54) is 65.9 Å². The molecule has 4 heteroatoms. The molecule has 1 aliphatic rings. The van der Waals surface area contributed by atoms with Crippen molar-refractivity contribution in [3.8, 4) is 22.3 Å². The Labute approximate surface area is 337 Å². The van der Waals surface area contributed by atoms with Gasteiger partial charge < -0.3 is 18.0 Å². The summed E-state index contributed by atoms with van der Waals surface area (Å²) in [5, 5.41) is 9.35. The molecule has 4 aromatic heterocycles. The molecule has 9 aromatic carbocycles. The van der Waals surface area contributed by atoms with E-state index in [4.69, 9.17) is 8.83 Å². The van der Waals surface area contributed by atoms with Crippen LogP contribution in [0.2, 0.25) is 0 Å². The summed E-state index contributed by atoms with van der Waals surface area (Å²) in [4.78, 5) is 0. The van der Waals surface area contributed by atoms with Crippen molar-refractivity contribution in [3.05, 3.63) is 205 Å². The van der Waals surface area contributed by atoms with Crippen LogP contribution in [0, 0.1) is 0 Å². The first kappa shape index (κ1) is 31.3. The van der Waals surface area contributed by atoms with Crippen molar-refractivity contribution in [2.75, 3.05) is 0 Å². The number of fused-ring (bicyclic) bond motifs is 12. The Hall–Kier alpha value is -7.82. The van der Waals surface area contributed by atoms with E-state index in [1.807, 2.05) is 12.1 Å². The van der Waals surface area contributed by atoms with Gasteiger partial charge in [-0.05, 0) is 70.8 Å². The van der Waals surface area contributed by atoms with E-state index in [1.54, 1.807) is 0 Å². The lowest BCUT2D eigenvalue weighted by Crippen LogP contribution is -2.40. The number of furan rings is 2. The van der Waals surface area contributed by atoms with Gasteiger partial charge in [0, 0.05) is 54.2 Å². The zero-order valence-electron chi connectivity index (χ0n) is 31.7. The topological polar surface area (TPSA) is 36.1 Å². The zero-order chi connectivity index (χ0) is 38.4. The van der Waals surface area contributed by atoms with Gasteiger partial charge in [-0.2, -0.15) is 0 Å². The van der Waals surface area contributed by atoms with E-state index in [0.717, 1.165) is 55.0 Å². The molecule has 0 unspecified atom stereocenters. The SMILES string of the molecule is c1ccc(-c2ccc3c(c2)c2ccc4c5cc(-c6ccccc6)ccc5n5c4c2n3C5(c2ccc3c(c2)oc2ccccc23)c2ccc3c(c2)oc2ccccc23)cc1. The second-order valence-corrected chi connectivity index (χ2v) is 16.0. The molecular formula is C55H32N2O2. The molecule has 0 radical (unpaired) electrons. The van der Waals surface area contributed by atoms with Crippen molar-refractivity contribution < 1.29 is 8.83 Å². The number of benzene rings is 9. The monoisotopic (exact) mass is 752 g/mol. The Morgan fingerprint density at radius 2 is 0.695 bits per heavy atom. The van der Waals surface area contributed by atoms with Crippen LogP contribution >= 0.6 is 0 Å². The summed E-state index contributed by atoms with van der Waals surface area (Å²) in [6.07, 6.45) is 0. The van der Waals surface area contributed by atoms with Gasteiger partial charge in [0.15, 0.2) is 5.66 Å². The summed E-state index contributed by atoms with van der Waals surface area (Å²) in [6.45, 7) is 0. The van der Waals surface area contributed by atoms with Crippen LogP contribution in [0.25, 0.3) is 110 Å². The van der Waals surface area contributed by atoms with Crippen LogP contribution in [-0.4, -0.2) is 9.13 Å². The molecule has 14 rings (SSSR count). The molecule has 0 saturated carbocycles. The van der Waals surface area contributed by atoms with Gasteiger partial charge in [0.1, 0.15) is 22.3 Å². The molecule has 0 amide bonds. The van der Waals surface area contributed by atoms with E-state index < -0.39 is 5.66 Å². The molecule has 5 heterocycles. The molecule has 13 aromatic rings. The summed E-state index contributed by atoms with van der Waals surface area (Å²) in [5.41, 5.74) is 14.4. The van der Waals surface area contributed by atoms with E-state index in [-0.39, 0.29) is 0 Å². The van der Waals surface area contributed by atoms with Crippen LogP contribution < -0.4 is 0 Å². The van der Waals surface area contributed by atoms with Crippen molar-refractivity contribution in [2.24, 2.45) is 0 Å². The van der Waals surface area contributed by atoms with Crippen LogP contribution in [0.1, 0.15) is 11.1 Å². The summed E-state index contributed by atoms with van der Waals surface area (Å²) in [6, 6.07) is 70.5. The number of aromatic nitrogens is 2. The molecule has 0 atom stereocenters. The fraction of sp³-hybridized carbons (Fsp3) is 0.0182. The minimum atomic E-state index is -0.882. The van der Waals surface area contributed by atoms with Gasteiger partial charge in [0.2, 0.25) is 0 Å². The predicted molar refractivity (Wildman–Crippen MR) is 242 cm³/mol. The molecule has 0 bridgehead atoms. The van der Waals surface area contributed by atoms with Crippen molar-refractivity contribution in [1.82, 2.24) is 9.13 Å². The molecular weight excluding hydrogens is 721 g/mol. The van der Waals surface area contributed by atoms with Crippen LogP contribution in [0.15, 0.2) is 203 Å². The van der Waals surface area contributed by atoms with Crippen LogP contribution in [-0.2, 0) is 5.66 Å². The summed E-state index contributed by atoms with van der Waals surface area (Å²) >= 11 is 0. The first-order valence-corrected chi connectivity index (χ1v) is 20.2. The van der Waals surface area contributed by atoms with Crippen LogP contribution in [0.3, 0.4) is 0 Å². The van der Waals surface area contributed by atoms with Crippen molar-refractivity contribution >= 4 is 87.5 Å². The predicted octanol–water partition coefficient (Wildman–Crippen LogP) is 14.6. The first-order chi connectivity index (χ1) is 29.2. The van der Waals surface area contributed by atoms with Gasteiger partial charge in [-0.25, -0.2) is 0 Å². The van der Waals surface area contributed by atoms with E-state index in [2.05, 4.69) is 191 Å². The largest absolute Gasteiger partial charge is 0.456 e. The van der Waals surface area contributed by atoms with Gasteiger partial charge >= 0.3 is 0 Å². The number of hydrogen-bond donors (Lipinski definition) is 0. The molecule has 59 heavy (non-hydrogen) atoms. The summed E-state index contributed by atoms with van der Waals surface area (Å²) in [7, 11) is 0. The highest BCUT2D eigenvalue weighted by atomic mass is 16.3. The van der Waals surface area contributed by atoms with Gasteiger partial charge in [-0.3, -0.25) is 0 Å². The Balaban J connectivity index is 1.18. The highest BCUT2D eigenvalue weighted by Crippen LogP contribution is 2.55. The standard InChI is InChI=1S/C55H32N2O2/c1-3-11-33(12-4-1)35-19-27-47-45(29-35)43-25-26-44-46-30-36(34-13-5-2-6-14-34)20-28-48(46)57-54(44)53(43)56(47)55(57,37-21-23-41-39-15-7-9-17-49(39)58-51(41)31-37)38-22-24-42-40-16-8-10-18-50(40)59-52(42)32-38/h1-32H. The third-order valence-corrected chi connectivity index (χ3v) is 13.1. The minimum Gasteiger partial charge on any atom is -0.456 e. The summed E-state index contributed by atoms with van der Waals surface area (Å²) < 4.78 is 18.6. The van der Waals surface area contributed by atoms with Gasteiger partial charge in [-0.1, -0.05) is 146 Å². The molecule has 0 fully saturated rings. The molecule has 0 spiro atoms. The van der Waals surface area contributed by atoms with Crippen molar-refractivity contribution in [3.63, 3.8) is 0 Å². The first-order valence-electron chi connectivity index (χ1n) is 20.2. The maximum Gasteiger partial charge on any atom is 0.175 e. The molecule has 274 valence electrons. The average molecular weight is 753 g/mol. The number of nitrogens with zero attached hydrogens (tertiary/aromatic N) is 2. The Morgan fingerprint density at radius 3 is 1.17 bits per heavy atom. The van der Waals surface area contributed by atoms with Crippen LogP contribution in [0.5, 0.6) is 0 Å². The maximum atomic E-state index is 6.70. The lowest BCUT2D eigenvalue weighted by Gasteiger charge is -2.37. The highest BCUT2D eigenvalue weighted by molar-refractivity contribution is 6.25. The second-order valence-electron chi connectivity index (χ2n) is 16.0. The van der Waals surface area contributed by atoms with E-state index in [9.17, 15) is 0 Å². The fourth-order valence-electron chi connectivity index (χ4n) is 10.6. The zero-order valence-corrected chi connectivity index (χ0v) is 31.7. The van der Waals surface area contributed by atoms with E-state index >= 15 is 0 Å². The Morgan fingerprint density at radius 1 is 0.288 bits per heavy atom. The average Bonchev–Trinajstić information content (AvgIpc) is 4.10. The fourth-order valence-corrected chi connectivity index (χ4v) is 10.6. The summed E-state index contributed by atoms with van der Waals surface area (Å²) in [5.74, 6) is 0. The molecule has 0 N–H and O–H groups in total. The quantitative estimate of drug-likeness (QED) is 0.179. The second kappa shape index (κ2) is 11.2. The lowest BCUT2D eigenvalue weighted by atomic mass is 9.88. The lowest BCUT2D eigenvalue weighted by molar-refractivity contribution is 0.422. The number of rotatable bonds is 4. The van der Waals surface area contributed by atoms with E-state index in [0.29, 0.717) is 0 Å². The van der Waals surface area contributed by atoms with Crippen LogP contribution in [0.4, 0.5) is 0 Å². The Kier molecular flexibility index (Phi) is 5.93. The third kappa shape index (κ3) is 3.98. The molecule has 1 aliphatic heterocycles. The normalized spacial score (nSPS) is 13.6. The third-order valence-electron chi connectivity index (χ3n) is 13.1. The highest BCUT2D eigenvalue weighted by Gasteiger charge is 2.48. The van der Waals surface area contributed by atoms with Gasteiger partial charge in [-0.15, -0.1) is 0 Å². The number of hydrogen-bond acceptors (Lipinski definition) is 2. The molecule has 0 saturated heterocycles. The minimum absolute atomic E-state index is 0.863. The van der Waals surface area contributed by atoms with Gasteiger partial charge in [0.05, 0.1) is 22.1 Å². The maximum absolute atomic E-state index is 6.70.